The third-order valence-corrected chi connectivity index (χ3v) is 1.65. The first kappa shape index (κ1) is 8.85. The van der Waals surface area contributed by atoms with Crippen LogP contribution in [-0.4, -0.2) is 51.3 Å². The zero-order valence-electron chi connectivity index (χ0n) is 5.71. The molecule has 1 aliphatic heterocycles. The van der Waals surface area contributed by atoms with Gasteiger partial charge in [-0.25, -0.2) is 0 Å². The van der Waals surface area contributed by atoms with Gasteiger partial charge in [0.25, 0.3) is 5.91 Å². The first-order valence-corrected chi connectivity index (χ1v) is 3.15. The molecule has 0 amide bonds. The van der Waals surface area contributed by atoms with Crippen LogP contribution in [0.4, 0.5) is 0 Å². The van der Waals surface area contributed by atoms with E-state index < -0.39 is 30.8 Å². The summed E-state index contributed by atoms with van der Waals surface area (Å²) in [6.07, 6.45) is -3.96. The molecule has 6 heteroatoms. The zero-order chi connectivity index (χ0) is 8.65. The molecule has 4 atom stereocenters. The Labute approximate surface area is 62.8 Å². The number of nitrogens with two attached hydrogens (primary N) is 1. The van der Waals surface area contributed by atoms with Crippen molar-refractivity contribution in [1.82, 2.24) is 0 Å². The minimum Gasteiger partial charge on any atom is -0.394 e. The second-order valence-electron chi connectivity index (χ2n) is 2.53. The number of aliphatic hydroxyl groups excluding tert-OH is 3. The Morgan fingerprint density at radius 1 is 1.45 bits per heavy atom. The smallest absolute Gasteiger partial charge is 0.252 e. The summed E-state index contributed by atoms with van der Waals surface area (Å²) in [7, 11) is 0. The van der Waals surface area contributed by atoms with E-state index in [0.717, 1.165) is 0 Å². The Hall–Kier alpha value is -0.240. The summed E-state index contributed by atoms with van der Waals surface area (Å²) in [6, 6.07) is 0. The summed E-state index contributed by atoms with van der Waals surface area (Å²) >= 11 is 0. The molecule has 0 aliphatic carbocycles. The highest BCUT2D eigenvalue weighted by Gasteiger charge is 2.50. The monoisotopic (exact) mass is 165 g/mol. The average molecular weight is 165 g/mol. The summed E-state index contributed by atoms with van der Waals surface area (Å²) in [5.74, 6) is -2.26. The molecule has 0 unspecified atom stereocenters. The van der Waals surface area contributed by atoms with Crippen LogP contribution in [0.2, 0.25) is 0 Å². The van der Waals surface area contributed by atoms with Crippen molar-refractivity contribution in [3.8, 4) is 0 Å². The second-order valence-corrected chi connectivity index (χ2v) is 2.53. The van der Waals surface area contributed by atoms with Crippen LogP contribution >= 0.6 is 0 Å². The van der Waals surface area contributed by atoms with Gasteiger partial charge in [0, 0.05) is 0 Å². The summed E-state index contributed by atoms with van der Waals surface area (Å²) in [5.41, 5.74) is 4.99. The Balaban J connectivity index is 2.69. The van der Waals surface area contributed by atoms with E-state index in [4.69, 9.17) is 26.2 Å². The van der Waals surface area contributed by atoms with E-state index in [-0.39, 0.29) is 0 Å². The normalized spacial score (nSPS) is 51.5. The largest absolute Gasteiger partial charge is 0.394 e. The van der Waals surface area contributed by atoms with Crippen molar-refractivity contribution in [3.05, 3.63) is 0 Å². The highest BCUT2D eigenvalue weighted by atomic mass is 16.7. The van der Waals surface area contributed by atoms with Crippen LogP contribution in [0.5, 0.6) is 0 Å². The van der Waals surface area contributed by atoms with Gasteiger partial charge in [-0.1, -0.05) is 0 Å². The van der Waals surface area contributed by atoms with E-state index in [1.807, 2.05) is 0 Å². The maximum absolute atomic E-state index is 9.02. The van der Waals surface area contributed by atoms with Gasteiger partial charge in [0.2, 0.25) is 0 Å². The van der Waals surface area contributed by atoms with Crippen molar-refractivity contribution in [3.63, 3.8) is 0 Å². The van der Waals surface area contributed by atoms with Crippen molar-refractivity contribution in [2.24, 2.45) is 5.73 Å². The van der Waals surface area contributed by atoms with E-state index in [2.05, 4.69) is 4.74 Å². The van der Waals surface area contributed by atoms with Gasteiger partial charge in [-0.05, 0) is 0 Å². The van der Waals surface area contributed by atoms with Crippen LogP contribution in [0.1, 0.15) is 0 Å². The summed E-state index contributed by atoms with van der Waals surface area (Å²) in [6.45, 7) is -0.502. The van der Waals surface area contributed by atoms with Gasteiger partial charge in [0.05, 0.1) is 6.61 Å². The van der Waals surface area contributed by atoms with Crippen LogP contribution in [0.25, 0.3) is 0 Å². The molecule has 1 aliphatic rings. The van der Waals surface area contributed by atoms with Crippen molar-refractivity contribution in [2.75, 3.05) is 6.61 Å². The van der Waals surface area contributed by atoms with E-state index in [1.54, 1.807) is 0 Å². The molecule has 0 aromatic heterocycles. The van der Waals surface area contributed by atoms with Crippen molar-refractivity contribution in [2.45, 2.75) is 24.2 Å². The highest BCUT2D eigenvalue weighted by molar-refractivity contribution is 4.91. The number of hydrogen-bond acceptors (Lipinski definition) is 6. The molecular formula is C5H11NO5. The molecule has 1 fully saturated rings. The first-order valence-electron chi connectivity index (χ1n) is 3.15. The van der Waals surface area contributed by atoms with Gasteiger partial charge < -0.3 is 25.2 Å². The fraction of sp³-hybridized carbons (Fsp3) is 1.00. The fourth-order valence-corrected chi connectivity index (χ4v) is 0.975. The quantitative estimate of drug-likeness (QED) is 0.260. The molecule has 0 aromatic rings. The lowest BCUT2D eigenvalue weighted by Crippen LogP contribution is -2.50. The number of hydrogen-bond donors (Lipinski definition) is 5. The predicted molar refractivity (Wildman–Crippen MR) is 33.1 cm³/mol. The zero-order valence-corrected chi connectivity index (χ0v) is 5.71. The molecule has 0 spiro atoms. The maximum Gasteiger partial charge on any atom is 0.252 e. The van der Waals surface area contributed by atoms with E-state index in [9.17, 15) is 0 Å². The van der Waals surface area contributed by atoms with E-state index in [1.165, 1.54) is 0 Å². The van der Waals surface area contributed by atoms with Crippen LogP contribution in [-0.2, 0) is 4.74 Å². The molecule has 0 radical (unpaired) electrons. The Kier molecular flexibility index (Phi) is 2.15. The second kappa shape index (κ2) is 2.67. The van der Waals surface area contributed by atoms with Gasteiger partial charge in [0.1, 0.15) is 12.2 Å². The molecule has 1 saturated heterocycles. The van der Waals surface area contributed by atoms with E-state index >= 15 is 0 Å². The lowest BCUT2D eigenvalue weighted by Gasteiger charge is -2.19. The van der Waals surface area contributed by atoms with Crippen LogP contribution in [0.15, 0.2) is 0 Å². The van der Waals surface area contributed by atoms with Crippen molar-refractivity contribution in [1.29, 1.82) is 0 Å². The fourth-order valence-electron chi connectivity index (χ4n) is 0.975. The molecule has 0 bridgehead atoms. The van der Waals surface area contributed by atoms with Gasteiger partial charge in [-0.15, -0.1) is 0 Å². The van der Waals surface area contributed by atoms with Crippen LogP contribution in [0.3, 0.4) is 0 Å². The first-order chi connectivity index (χ1) is 4.99. The Bertz CT molecular complexity index is 150. The summed E-state index contributed by atoms with van der Waals surface area (Å²) in [4.78, 5) is 0. The van der Waals surface area contributed by atoms with Crippen LogP contribution in [0, 0.1) is 0 Å². The molecule has 0 saturated carbocycles. The standard InChI is InChI=1S/C5H11NO5/c6-5(10)4(9)3(8)2(1-7)11-5/h2-4,7-10H,1,6H2/t2-,3-,4-,5+/m0/s1. The molecule has 1 heterocycles. The van der Waals surface area contributed by atoms with Crippen molar-refractivity contribution < 1.29 is 25.2 Å². The van der Waals surface area contributed by atoms with Gasteiger partial charge in [-0.2, -0.15) is 0 Å². The number of aliphatic hydroxyl groups is 4. The minimum atomic E-state index is -2.26. The third-order valence-electron chi connectivity index (χ3n) is 1.65. The molecule has 6 N–H and O–H groups in total. The maximum atomic E-state index is 9.02. The molecule has 1 rings (SSSR count). The predicted octanol–water partition coefficient (Wildman–Crippen LogP) is -3.30. The average Bonchev–Trinajstić information content (AvgIpc) is 2.13. The number of ether oxygens (including phenoxy) is 1. The van der Waals surface area contributed by atoms with Crippen molar-refractivity contribution >= 4 is 0 Å². The molecule has 6 nitrogen and oxygen atoms in total. The summed E-state index contributed by atoms with van der Waals surface area (Å²) in [5, 5.41) is 35.5. The molecule has 66 valence electrons. The van der Waals surface area contributed by atoms with Crippen LogP contribution < -0.4 is 5.73 Å². The minimum absolute atomic E-state index is 0.502. The Morgan fingerprint density at radius 2 is 2.00 bits per heavy atom. The molecule has 11 heavy (non-hydrogen) atoms. The van der Waals surface area contributed by atoms with E-state index in [0.29, 0.717) is 0 Å². The van der Waals surface area contributed by atoms with Gasteiger partial charge in [0.15, 0.2) is 6.10 Å². The topological polar surface area (TPSA) is 116 Å². The Morgan fingerprint density at radius 3 is 2.18 bits per heavy atom. The van der Waals surface area contributed by atoms with Gasteiger partial charge in [-0.3, -0.25) is 5.73 Å². The SMILES string of the molecule is N[C@]1(O)O[C@@H](CO)[C@H](O)[C@@H]1O. The molecule has 0 aromatic carbocycles. The highest BCUT2D eigenvalue weighted by Crippen LogP contribution is 2.24. The summed E-state index contributed by atoms with van der Waals surface area (Å²) < 4.78 is 4.51. The lowest BCUT2D eigenvalue weighted by atomic mass is 10.1. The third kappa shape index (κ3) is 1.36. The lowest BCUT2D eigenvalue weighted by molar-refractivity contribution is -0.226. The van der Waals surface area contributed by atoms with Gasteiger partial charge >= 0.3 is 0 Å². The number of rotatable bonds is 1. The molecular weight excluding hydrogens is 154 g/mol.